The van der Waals surface area contributed by atoms with E-state index in [1.165, 1.54) is 0 Å². The van der Waals surface area contributed by atoms with Crippen molar-refractivity contribution in [3.05, 3.63) is 65.7 Å². The molecule has 3 heterocycles. The lowest BCUT2D eigenvalue weighted by molar-refractivity contribution is 0.0615. The average Bonchev–Trinajstić information content (AvgIpc) is 3.46. The van der Waals surface area contributed by atoms with Crippen LogP contribution in [0, 0.1) is 6.92 Å². The molecule has 0 unspecified atom stereocenters. The Labute approximate surface area is 167 Å². The molecule has 1 amide bonds. The summed E-state index contributed by atoms with van der Waals surface area (Å²) in [6.45, 7) is 2.82. The van der Waals surface area contributed by atoms with Crippen LogP contribution in [-0.4, -0.2) is 57.6 Å². The number of aryl methyl sites for hydroxylation is 1. The summed E-state index contributed by atoms with van der Waals surface area (Å²) in [4.78, 5) is 12.6. The van der Waals surface area contributed by atoms with Gasteiger partial charge in [0.15, 0.2) is 5.82 Å². The highest BCUT2D eigenvalue weighted by Crippen LogP contribution is 2.35. The topological polar surface area (TPSA) is 91.2 Å². The van der Waals surface area contributed by atoms with Gasteiger partial charge in [0.2, 0.25) is 0 Å². The maximum Gasteiger partial charge on any atom is 0.251 e. The molecule has 2 aromatic carbocycles. The van der Waals surface area contributed by atoms with Gasteiger partial charge in [0.05, 0.1) is 19.3 Å². The molecule has 29 heavy (non-hydrogen) atoms. The highest BCUT2D eigenvalue weighted by molar-refractivity contribution is 5.94. The second-order valence-corrected chi connectivity index (χ2v) is 7.42. The molecule has 8 heteroatoms. The zero-order chi connectivity index (χ0) is 19.8. The van der Waals surface area contributed by atoms with Crippen LogP contribution in [0.15, 0.2) is 54.6 Å². The number of tetrazole rings is 1. The highest BCUT2D eigenvalue weighted by atomic mass is 16.6. The average molecular weight is 391 g/mol. The van der Waals surface area contributed by atoms with Crippen LogP contribution in [0.4, 0.5) is 0 Å². The molecular weight excluding hydrogens is 370 g/mol. The monoisotopic (exact) mass is 391 g/mol. The van der Waals surface area contributed by atoms with Crippen LogP contribution in [0.3, 0.4) is 0 Å². The minimum absolute atomic E-state index is 0.126. The van der Waals surface area contributed by atoms with Crippen molar-refractivity contribution < 1.29 is 14.3 Å². The minimum Gasteiger partial charge on any atom is -0.371 e. The van der Waals surface area contributed by atoms with Crippen LogP contribution in [0.5, 0.6) is 0 Å². The number of benzene rings is 2. The molecule has 4 atom stereocenters. The van der Waals surface area contributed by atoms with E-state index in [-0.39, 0.29) is 30.2 Å². The van der Waals surface area contributed by atoms with E-state index in [1.807, 2.05) is 61.5 Å². The molecule has 0 bridgehead atoms. The quantitative estimate of drug-likeness (QED) is 0.729. The number of rotatable bonds is 4. The number of carbonyl (C=O) groups is 1. The Morgan fingerprint density at radius 2 is 1.79 bits per heavy atom. The molecule has 0 spiro atoms. The van der Waals surface area contributed by atoms with Crippen molar-refractivity contribution in [3.8, 4) is 11.4 Å². The largest absolute Gasteiger partial charge is 0.371 e. The Kier molecular flexibility index (Phi) is 4.57. The van der Waals surface area contributed by atoms with Crippen molar-refractivity contribution in [1.82, 2.24) is 25.5 Å². The Hall–Kier alpha value is -3.10. The van der Waals surface area contributed by atoms with E-state index >= 15 is 0 Å². The van der Waals surface area contributed by atoms with Crippen LogP contribution < -0.4 is 5.32 Å². The fourth-order valence-electron chi connectivity index (χ4n) is 3.96. The highest BCUT2D eigenvalue weighted by Gasteiger charge is 2.50. The van der Waals surface area contributed by atoms with Gasteiger partial charge in [0.1, 0.15) is 18.2 Å². The minimum atomic E-state index is -0.234. The Bertz CT molecular complexity index is 1000. The van der Waals surface area contributed by atoms with Crippen molar-refractivity contribution in [2.75, 3.05) is 13.2 Å². The number of carbonyl (C=O) groups excluding carboxylic acids is 1. The lowest BCUT2D eigenvalue weighted by atomic mass is 10.1. The number of amides is 1. The fraction of sp³-hybridized carbons (Fsp3) is 0.333. The van der Waals surface area contributed by atoms with Crippen molar-refractivity contribution >= 4 is 5.91 Å². The molecule has 0 aliphatic carbocycles. The van der Waals surface area contributed by atoms with Crippen LogP contribution >= 0.6 is 0 Å². The summed E-state index contributed by atoms with van der Waals surface area (Å²) in [6.07, 6.45) is -0.452. The first-order valence-electron chi connectivity index (χ1n) is 9.65. The number of nitrogens with zero attached hydrogens (tertiary/aromatic N) is 4. The van der Waals surface area contributed by atoms with E-state index in [4.69, 9.17) is 9.47 Å². The summed E-state index contributed by atoms with van der Waals surface area (Å²) in [6, 6.07) is 16.9. The Morgan fingerprint density at radius 3 is 2.59 bits per heavy atom. The summed E-state index contributed by atoms with van der Waals surface area (Å²) in [5.74, 6) is 0.550. The van der Waals surface area contributed by atoms with Gasteiger partial charge in [-0.3, -0.25) is 4.79 Å². The van der Waals surface area contributed by atoms with E-state index in [2.05, 4.69) is 20.8 Å². The molecule has 2 aliphatic rings. The van der Waals surface area contributed by atoms with Gasteiger partial charge in [-0.2, -0.15) is 0 Å². The molecular formula is C21H21N5O3. The lowest BCUT2D eigenvalue weighted by Crippen LogP contribution is -2.44. The van der Waals surface area contributed by atoms with Crippen LogP contribution in [0.1, 0.15) is 22.0 Å². The molecule has 1 N–H and O–H groups in total. The molecule has 2 saturated heterocycles. The van der Waals surface area contributed by atoms with Gasteiger partial charge in [0.25, 0.3) is 5.91 Å². The summed E-state index contributed by atoms with van der Waals surface area (Å²) in [5, 5.41) is 15.3. The number of hydrogen-bond acceptors (Lipinski definition) is 6. The standard InChI is InChI=1S/C21H21N5O3/c1-13-7-9-15(10-8-13)21(27)22-16-11-28-19-17(12-29-18(16)19)26-20(23-24-25-26)14-5-3-2-4-6-14/h2-10,16-19H,11-12H2,1H3,(H,22,27)/t16-,17-,18+,19+/m0/s1. The lowest BCUT2D eigenvalue weighted by Gasteiger charge is -2.18. The van der Waals surface area contributed by atoms with Crippen molar-refractivity contribution in [1.29, 1.82) is 0 Å². The fourth-order valence-corrected chi connectivity index (χ4v) is 3.96. The van der Waals surface area contributed by atoms with Gasteiger partial charge in [-0.25, -0.2) is 4.68 Å². The van der Waals surface area contributed by atoms with Gasteiger partial charge >= 0.3 is 0 Å². The van der Waals surface area contributed by atoms with Crippen LogP contribution in [-0.2, 0) is 9.47 Å². The predicted molar refractivity (Wildman–Crippen MR) is 104 cm³/mol. The normalized spacial score (nSPS) is 25.7. The van der Waals surface area contributed by atoms with Crippen molar-refractivity contribution in [2.45, 2.75) is 31.2 Å². The smallest absolute Gasteiger partial charge is 0.251 e. The number of fused-ring (bicyclic) bond motifs is 1. The van der Waals surface area contributed by atoms with Gasteiger partial charge in [-0.05, 0) is 29.5 Å². The first-order chi connectivity index (χ1) is 14.2. The number of ether oxygens (including phenoxy) is 2. The van der Waals surface area contributed by atoms with Gasteiger partial charge < -0.3 is 14.8 Å². The molecule has 8 nitrogen and oxygen atoms in total. The molecule has 2 aliphatic heterocycles. The molecule has 0 saturated carbocycles. The number of hydrogen-bond donors (Lipinski definition) is 1. The van der Waals surface area contributed by atoms with E-state index < -0.39 is 0 Å². The van der Waals surface area contributed by atoms with Crippen LogP contribution in [0.2, 0.25) is 0 Å². The van der Waals surface area contributed by atoms with E-state index in [0.29, 0.717) is 24.6 Å². The van der Waals surface area contributed by atoms with Gasteiger partial charge in [-0.15, -0.1) is 5.10 Å². The maximum atomic E-state index is 12.6. The van der Waals surface area contributed by atoms with Gasteiger partial charge in [-0.1, -0.05) is 48.0 Å². The van der Waals surface area contributed by atoms with E-state index in [1.54, 1.807) is 4.68 Å². The summed E-state index contributed by atoms with van der Waals surface area (Å²) < 4.78 is 13.8. The third kappa shape index (κ3) is 3.30. The zero-order valence-corrected chi connectivity index (χ0v) is 15.9. The third-order valence-electron chi connectivity index (χ3n) is 5.50. The van der Waals surface area contributed by atoms with Gasteiger partial charge in [0, 0.05) is 11.1 Å². The molecule has 0 radical (unpaired) electrons. The van der Waals surface area contributed by atoms with Crippen molar-refractivity contribution in [3.63, 3.8) is 0 Å². The first kappa shape index (κ1) is 18.0. The summed E-state index contributed by atoms with van der Waals surface area (Å²) >= 11 is 0. The SMILES string of the molecule is Cc1ccc(C(=O)N[C@H]2CO[C@H]3[C@@H]2OC[C@@H]3n2nnnc2-c2ccccc2)cc1. The number of aromatic nitrogens is 4. The zero-order valence-electron chi connectivity index (χ0n) is 15.9. The van der Waals surface area contributed by atoms with E-state index in [0.717, 1.165) is 11.1 Å². The second kappa shape index (κ2) is 7.38. The summed E-state index contributed by atoms with van der Waals surface area (Å²) in [7, 11) is 0. The maximum absolute atomic E-state index is 12.6. The molecule has 148 valence electrons. The molecule has 2 fully saturated rings. The summed E-state index contributed by atoms with van der Waals surface area (Å²) in [5.41, 5.74) is 2.67. The van der Waals surface area contributed by atoms with E-state index in [9.17, 15) is 4.79 Å². The Balaban J connectivity index is 1.32. The second-order valence-electron chi connectivity index (χ2n) is 7.42. The van der Waals surface area contributed by atoms with Crippen LogP contribution in [0.25, 0.3) is 11.4 Å². The molecule has 3 aromatic rings. The molecule has 1 aromatic heterocycles. The first-order valence-corrected chi connectivity index (χ1v) is 9.65. The molecule has 5 rings (SSSR count). The van der Waals surface area contributed by atoms with Crippen molar-refractivity contribution in [2.24, 2.45) is 0 Å². The third-order valence-corrected chi connectivity index (χ3v) is 5.50. The number of nitrogens with one attached hydrogen (secondary N) is 1. The Morgan fingerprint density at radius 1 is 1.03 bits per heavy atom. The predicted octanol–water partition coefficient (Wildman–Crippen LogP) is 1.79.